The molecule has 5 atom stereocenters. The number of aliphatic hydroxyl groups is 4. The molecule has 7 nitrogen and oxygen atoms in total. The maximum atomic E-state index is 9.85. The highest BCUT2D eigenvalue weighted by atomic mass is 79.9. The van der Waals surface area contributed by atoms with Gasteiger partial charge in [0.2, 0.25) is 0 Å². The SMILES string of the molecule is OC[C@H]1O[C@@H](OCCc2cc(Br)c(O)c(Br)c2)[C@H](O)[C@@H](O)[C@H]1O. The van der Waals surface area contributed by atoms with Crippen LogP contribution in [0.4, 0.5) is 0 Å². The number of phenols is 1. The van der Waals surface area contributed by atoms with Gasteiger partial charge in [0.05, 0.1) is 22.2 Å². The van der Waals surface area contributed by atoms with Crippen LogP contribution in [-0.2, 0) is 15.9 Å². The quantitative estimate of drug-likeness (QED) is 0.430. The van der Waals surface area contributed by atoms with Crippen molar-refractivity contribution in [3.8, 4) is 5.75 Å². The van der Waals surface area contributed by atoms with Crippen LogP contribution >= 0.6 is 31.9 Å². The van der Waals surface area contributed by atoms with Crippen molar-refractivity contribution in [2.75, 3.05) is 13.2 Å². The molecule has 1 heterocycles. The Bertz CT molecular complexity index is 517. The second-order valence-corrected chi connectivity index (χ2v) is 6.93. The standard InChI is InChI=1S/C14H18Br2O7/c15-7-3-6(4-8(16)10(7)18)1-2-22-14-13(21)12(20)11(19)9(5-17)23-14/h3-4,9,11-14,17-21H,1-2,5H2/t9-,11+,12+,13-,14-/m1/s1. The van der Waals surface area contributed by atoms with E-state index in [-0.39, 0.29) is 12.4 Å². The zero-order valence-corrected chi connectivity index (χ0v) is 15.1. The summed E-state index contributed by atoms with van der Waals surface area (Å²) < 4.78 is 11.7. The van der Waals surface area contributed by atoms with Crippen LogP contribution in [-0.4, -0.2) is 69.5 Å². The second-order valence-electron chi connectivity index (χ2n) is 5.23. The van der Waals surface area contributed by atoms with E-state index in [0.29, 0.717) is 15.4 Å². The maximum absolute atomic E-state index is 9.85. The van der Waals surface area contributed by atoms with Crippen molar-refractivity contribution in [2.24, 2.45) is 0 Å². The number of rotatable bonds is 5. The van der Waals surface area contributed by atoms with Crippen LogP contribution in [0.15, 0.2) is 21.1 Å². The van der Waals surface area contributed by atoms with Gasteiger partial charge in [0.15, 0.2) is 6.29 Å². The molecule has 0 aromatic heterocycles. The van der Waals surface area contributed by atoms with Crippen LogP contribution < -0.4 is 0 Å². The van der Waals surface area contributed by atoms with Gasteiger partial charge in [0, 0.05) is 0 Å². The lowest BCUT2D eigenvalue weighted by Crippen LogP contribution is -2.59. The number of aliphatic hydroxyl groups excluding tert-OH is 4. The summed E-state index contributed by atoms with van der Waals surface area (Å²) >= 11 is 6.46. The second kappa shape index (κ2) is 8.21. The largest absolute Gasteiger partial charge is 0.506 e. The molecule has 0 bridgehead atoms. The Morgan fingerprint density at radius 3 is 2.22 bits per heavy atom. The average molecular weight is 458 g/mol. The Labute approximate surface area is 149 Å². The Morgan fingerprint density at radius 1 is 1.04 bits per heavy atom. The lowest BCUT2D eigenvalue weighted by Gasteiger charge is -2.39. The van der Waals surface area contributed by atoms with Crippen LogP contribution in [0.25, 0.3) is 0 Å². The summed E-state index contributed by atoms with van der Waals surface area (Å²) in [5.74, 6) is 0.101. The van der Waals surface area contributed by atoms with Gasteiger partial charge in [0.25, 0.3) is 0 Å². The van der Waals surface area contributed by atoms with E-state index in [1.54, 1.807) is 12.1 Å². The first-order valence-electron chi connectivity index (χ1n) is 6.94. The minimum Gasteiger partial charge on any atom is -0.506 e. The van der Waals surface area contributed by atoms with Crippen LogP contribution in [0, 0.1) is 0 Å². The summed E-state index contributed by atoms with van der Waals surface area (Å²) in [6.07, 6.45) is -5.94. The third-order valence-electron chi connectivity index (χ3n) is 3.60. The van der Waals surface area contributed by atoms with E-state index in [9.17, 15) is 20.4 Å². The number of benzene rings is 1. The molecule has 0 aliphatic carbocycles. The van der Waals surface area contributed by atoms with Crippen molar-refractivity contribution in [1.82, 2.24) is 0 Å². The normalized spacial score (nSPS) is 31.3. The van der Waals surface area contributed by atoms with Crippen molar-refractivity contribution in [2.45, 2.75) is 37.1 Å². The highest BCUT2D eigenvalue weighted by Gasteiger charge is 2.43. The lowest BCUT2D eigenvalue weighted by molar-refractivity contribution is -0.300. The maximum Gasteiger partial charge on any atom is 0.186 e. The van der Waals surface area contributed by atoms with E-state index in [4.69, 9.17) is 14.6 Å². The molecule has 1 aliphatic heterocycles. The summed E-state index contributed by atoms with van der Waals surface area (Å²) in [6.45, 7) is -0.324. The summed E-state index contributed by atoms with van der Waals surface area (Å²) in [4.78, 5) is 0. The molecule has 0 unspecified atom stereocenters. The summed E-state index contributed by atoms with van der Waals surface area (Å²) in [6, 6.07) is 3.47. The van der Waals surface area contributed by atoms with E-state index in [0.717, 1.165) is 5.56 Å². The first kappa shape index (κ1) is 19.1. The monoisotopic (exact) mass is 456 g/mol. The number of ether oxygens (including phenoxy) is 2. The number of phenolic OH excluding ortho intramolecular Hbond substituents is 1. The number of hydrogen-bond acceptors (Lipinski definition) is 7. The van der Waals surface area contributed by atoms with Crippen molar-refractivity contribution >= 4 is 31.9 Å². The van der Waals surface area contributed by atoms with E-state index in [1.165, 1.54) is 0 Å². The Morgan fingerprint density at radius 2 is 1.65 bits per heavy atom. The third kappa shape index (κ3) is 4.43. The van der Waals surface area contributed by atoms with Gasteiger partial charge >= 0.3 is 0 Å². The average Bonchev–Trinajstić information content (AvgIpc) is 2.52. The fourth-order valence-electron chi connectivity index (χ4n) is 2.26. The van der Waals surface area contributed by atoms with E-state index in [2.05, 4.69) is 31.9 Å². The summed E-state index contributed by atoms with van der Waals surface area (Å²) in [5.41, 5.74) is 0.867. The molecule has 0 radical (unpaired) electrons. The molecule has 9 heteroatoms. The van der Waals surface area contributed by atoms with E-state index >= 15 is 0 Å². The molecule has 1 aromatic rings. The molecule has 2 rings (SSSR count). The molecule has 23 heavy (non-hydrogen) atoms. The molecular weight excluding hydrogens is 440 g/mol. The molecule has 0 saturated carbocycles. The fourth-order valence-corrected chi connectivity index (χ4v) is 3.54. The zero-order chi connectivity index (χ0) is 17.1. The zero-order valence-electron chi connectivity index (χ0n) is 12.0. The van der Waals surface area contributed by atoms with Gasteiger partial charge < -0.3 is 35.0 Å². The highest BCUT2D eigenvalue weighted by molar-refractivity contribution is 9.11. The number of aromatic hydroxyl groups is 1. The highest BCUT2D eigenvalue weighted by Crippen LogP contribution is 2.33. The fraction of sp³-hybridized carbons (Fsp3) is 0.571. The van der Waals surface area contributed by atoms with Gasteiger partial charge in [-0.3, -0.25) is 0 Å². The van der Waals surface area contributed by atoms with E-state index in [1.807, 2.05) is 0 Å². The van der Waals surface area contributed by atoms with Gasteiger partial charge in [0.1, 0.15) is 30.2 Å². The van der Waals surface area contributed by atoms with Crippen LogP contribution in [0.5, 0.6) is 5.75 Å². The first-order valence-corrected chi connectivity index (χ1v) is 8.52. The van der Waals surface area contributed by atoms with Crippen molar-refractivity contribution in [3.63, 3.8) is 0 Å². The molecule has 0 spiro atoms. The van der Waals surface area contributed by atoms with Crippen molar-refractivity contribution in [1.29, 1.82) is 0 Å². The summed E-state index contributed by atoms with van der Waals surface area (Å²) in [7, 11) is 0. The summed E-state index contributed by atoms with van der Waals surface area (Å²) in [5, 5.41) is 48.0. The van der Waals surface area contributed by atoms with Gasteiger partial charge in [-0.25, -0.2) is 0 Å². The van der Waals surface area contributed by atoms with Gasteiger partial charge in [-0.15, -0.1) is 0 Å². The van der Waals surface area contributed by atoms with Gasteiger partial charge in [-0.1, -0.05) is 0 Å². The molecular formula is C14H18Br2O7. The first-order chi connectivity index (χ1) is 10.8. The minimum atomic E-state index is -1.46. The number of hydrogen-bond donors (Lipinski definition) is 5. The predicted molar refractivity (Wildman–Crippen MR) is 86.9 cm³/mol. The van der Waals surface area contributed by atoms with Gasteiger partial charge in [-0.05, 0) is 56.0 Å². The molecule has 1 fully saturated rings. The molecule has 1 aromatic carbocycles. The van der Waals surface area contributed by atoms with E-state index < -0.39 is 37.3 Å². The van der Waals surface area contributed by atoms with Crippen molar-refractivity contribution < 1.29 is 35.0 Å². The third-order valence-corrected chi connectivity index (χ3v) is 4.81. The van der Waals surface area contributed by atoms with Crippen LogP contribution in [0.2, 0.25) is 0 Å². The Hall–Kier alpha value is -0.260. The Kier molecular flexibility index (Phi) is 6.81. The smallest absolute Gasteiger partial charge is 0.186 e. The molecule has 0 amide bonds. The Balaban J connectivity index is 1.93. The van der Waals surface area contributed by atoms with Crippen LogP contribution in [0.3, 0.4) is 0 Å². The molecule has 1 saturated heterocycles. The topological polar surface area (TPSA) is 120 Å². The predicted octanol–water partition coefficient (Wildman–Crippen LogP) is 0.276. The minimum absolute atomic E-state index is 0.101. The number of halogens is 2. The van der Waals surface area contributed by atoms with Crippen LogP contribution in [0.1, 0.15) is 5.56 Å². The molecule has 130 valence electrons. The molecule has 1 aliphatic rings. The van der Waals surface area contributed by atoms with Gasteiger partial charge in [-0.2, -0.15) is 0 Å². The molecule has 5 N–H and O–H groups in total. The lowest BCUT2D eigenvalue weighted by atomic mass is 9.99. The van der Waals surface area contributed by atoms with Crippen molar-refractivity contribution in [3.05, 3.63) is 26.6 Å².